The van der Waals surface area contributed by atoms with E-state index in [-0.39, 0.29) is 34.5 Å². The van der Waals surface area contributed by atoms with Crippen LogP contribution in [-0.4, -0.2) is 72.7 Å². The number of ether oxygens (including phenoxy) is 4. The van der Waals surface area contributed by atoms with E-state index in [0.29, 0.717) is 24.5 Å². The topological polar surface area (TPSA) is 124 Å². The van der Waals surface area contributed by atoms with E-state index >= 15 is 0 Å². The predicted molar refractivity (Wildman–Crippen MR) is 177 cm³/mol. The van der Waals surface area contributed by atoms with Crippen molar-refractivity contribution in [2.24, 2.45) is 0 Å². The summed E-state index contributed by atoms with van der Waals surface area (Å²) >= 11 is 0. The Morgan fingerprint density at radius 2 is 1.54 bits per heavy atom. The molecule has 0 bridgehead atoms. The van der Waals surface area contributed by atoms with E-state index in [0.717, 1.165) is 28.3 Å². The van der Waals surface area contributed by atoms with Crippen LogP contribution in [0, 0.1) is 6.92 Å². The molecule has 0 radical (unpaired) electrons. The largest absolute Gasteiger partial charge is 0.497 e. The Labute approximate surface area is 272 Å². The lowest BCUT2D eigenvalue weighted by atomic mass is 10.1. The number of carbonyl (C=O) groups excluding carboxylic acids is 2. The summed E-state index contributed by atoms with van der Waals surface area (Å²) in [7, 11) is 1.28. The standard InChI is InChI=1S/C34H45N3O8S/c1-8-10-18-35-34(39)28(9-2)36(22-25-13-11-12-24(3)19-25)33(38)23-37(29-20-26(42-4)14-16-30(29)43-5)46(40,41)27-15-17-31(44-6)32(21-27)45-7/h11-17,19-21,28H,8-10,18,22-23H2,1-7H3,(H,35,39)/t28-/m1/s1. The molecular weight excluding hydrogens is 610 g/mol. The number of nitrogens with zero attached hydrogens (tertiary/aromatic N) is 2. The molecule has 12 heteroatoms. The number of anilines is 1. The molecule has 0 unspecified atom stereocenters. The van der Waals surface area contributed by atoms with Crippen molar-refractivity contribution in [1.82, 2.24) is 10.2 Å². The van der Waals surface area contributed by atoms with Gasteiger partial charge in [0, 0.05) is 25.2 Å². The number of hydrogen-bond acceptors (Lipinski definition) is 8. The van der Waals surface area contributed by atoms with Gasteiger partial charge in [-0.2, -0.15) is 0 Å². The fourth-order valence-corrected chi connectivity index (χ4v) is 6.47. The first-order valence-electron chi connectivity index (χ1n) is 15.1. The number of sulfonamides is 1. The van der Waals surface area contributed by atoms with Crippen molar-refractivity contribution in [3.63, 3.8) is 0 Å². The minimum atomic E-state index is -4.43. The summed E-state index contributed by atoms with van der Waals surface area (Å²) < 4.78 is 51.5. The molecule has 46 heavy (non-hydrogen) atoms. The number of methoxy groups -OCH3 is 4. The molecule has 1 N–H and O–H groups in total. The molecule has 3 aromatic rings. The molecule has 2 amide bonds. The van der Waals surface area contributed by atoms with Gasteiger partial charge in [0.25, 0.3) is 10.0 Å². The Hall–Kier alpha value is -4.45. The first-order chi connectivity index (χ1) is 22.0. The Morgan fingerprint density at radius 3 is 2.15 bits per heavy atom. The molecule has 3 aromatic carbocycles. The summed E-state index contributed by atoms with van der Waals surface area (Å²) in [6, 6.07) is 15.7. The normalized spacial score (nSPS) is 11.7. The molecule has 1 atom stereocenters. The molecule has 0 aliphatic carbocycles. The van der Waals surface area contributed by atoms with Crippen LogP contribution < -0.4 is 28.6 Å². The maximum Gasteiger partial charge on any atom is 0.265 e. The molecule has 0 heterocycles. The number of rotatable bonds is 17. The highest BCUT2D eigenvalue weighted by molar-refractivity contribution is 7.92. The van der Waals surface area contributed by atoms with Crippen LogP contribution in [0.3, 0.4) is 0 Å². The molecule has 0 fully saturated rings. The molecule has 0 aliphatic heterocycles. The molecule has 0 saturated carbocycles. The highest BCUT2D eigenvalue weighted by Gasteiger charge is 2.35. The van der Waals surface area contributed by atoms with Gasteiger partial charge in [0.05, 0.1) is 39.0 Å². The molecule has 250 valence electrons. The van der Waals surface area contributed by atoms with Crippen LogP contribution in [-0.2, 0) is 26.2 Å². The van der Waals surface area contributed by atoms with E-state index in [1.165, 1.54) is 57.6 Å². The Kier molecular flexibility index (Phi) is 13.1. The number of benzene rings is 3. The van der Waals surface area contributed by atoms with Crippen LogP contribution in [0.2, 0.25) is 0 Å². The van der Waals surface area contributed by atoms with Gasteiger partial charge in [-0.25, -0.2) is 8.42 Å². The van der Waals surface area contributed by atoms with Gasteiger partial charge in [0.15, 0.2) is 11.5 Å². The minimum Gasteiger partial charge on any atom is -0.497 e. The fraction of sp³-hybridized carbons (Fsp3) is 0.412. The zero-order valence-corrected chi connectivity index (χ0v) is 28.5. The second-order valence-corrected chi connectivity index (χ2v) is 12.5. The first-order valence-corrected chi connectivity index (χ1v) is 16.6. The Balaban J connectivity index is 2.18. The summed E-state index contributed by atoms with van der Waals surface area (Å²) in [5.41, 5.74) is 1.88. The van der Waals surface area contributed by atoms with Gasteiger partial charge in [-0.15, -0.1) is 0 Å². The summed E-state index contributed by atoms with van der Waals surface area (Å²) in [6.45, 7) is 5.72. The number of nitrogens with one attached hydrogen (secondary N) is 1. The lowest BCUT2D eigenvalue weighted by Crippen LogP contribution is -2.52. The van der Waals surface area contributed by atoms with E-state index in [2.05, 4.69) is 5.32 Å². The summed E-state index contributed by atoms with van der Waals surface area (Å²) in [5.74, 6) is 0.218. The number of amides is 2. The van der Waals surface area contributed by atoms with Crippen molar-refractivity contribution in [3.05, 3.63) is 71.8 Å². The van der Waals surface area contributed by atoms with Gasteiger partial charge in [-0.3, -0.25) is 13.9 Å². The number of carbonyl (C=O) groups is 2. The number of aryl methyl sites for hydroxylation is 1. The number of hydrogen-bond donors (Lipinski definition) is 1. The van der Waals surface area contributed by atoms with Gasteiger partial charge in [-0.05, 0) is 49.6 Å². The summed E-state index contributed by atoms with van der Waals surface area (Å²) in [5, 5.41) is 2.94. The molecular formula is C34H45N3O8S. The fourth-order valence-electron chi connectivity index (χ4n) is 5.04. The first kappa shape index (κ1) is 36.0. The second kappa shape index (κ2) is 16.7. The molecule has 0 aliphatic rings. The lowest BCUT2D eigenvalue weighted by molar-refractivity contribution is -0.140. The van der Waals surface area contributed by atoms with Gasteiger partial charge < -0.3 is 29.2 Å². The third-order valence-corrected chi connectivity index (χ3v) is 9.28. The van der Waals surface area contributed by atoms with Crippen molar-refractivity contribution >= 4 is 27.5 Å². The smallest absolute Gasteiger partial charge is 0.265 e. The summed E-state index contributed by atoms with van der Waals surface area (Å²) in [6.07, 6.45) is 2.01. The molecule has 0 saturated heterocycles. The van der Waals surface area contributed by atoms with Gasteiger partial charge in [-0.1, -0.05) is 50.1 Å². The van der Waals surface area contributed by atoms with E-state index in [1.54, 1.807) is 12.1 Å². The van der Waals surface area contributed by atoms with Crippen molar-refractivity contribution in [2.75, 3.05) is 45.8 Å². The number of unbranched alkanes of at least 4 members (excludes halogenated alkanes) is 1. The monoisotopic (exact) mass is 655 g/mol. The van der Waals surface area contributed by atoms with Gasteiger partial charge in [0.2, 0.25) is 11.8 Å². The van der Waals surface area contributed by atoms with Crippen LogP contribution in [0.25, 0.3) is 0 Å². The van der Waals surface area contributed by atoms with E-state index in [9.17, 15) is 18.0 Å². The van der Waals surface area contributed by atoms with Crippen LogP contribution in [0.4, 0.5) is 5.69 Å². The predicted octanol–water partition coefficient (Wildman–Crippen LogP) is 4.95. The van der Waals surface area contributed by atoms with Crippen LogP contribution in [0.15, 0.2) is 65.6 Å². The summed E-state index contributed by atoms with van der Waals surface area (Å²) in [4.78, 5) is 29.2. The quantitative estimate of drug-likeness (QED) is 0.203. The molecule has 11 nitrogen and oxygen atoms in total. The average Bonchev–Trinajstić information content (AvgIpc) is 3.06. The average molecular weight is 656 g/mol. The van der Waals surface area contributed by atoms with Crippen molar-refractivity contribution in [1.29, 1.82) is 0 Å². The maximum absolute atomic E-state index is 14.5. The molecule has 0 spiro atoms. The van der Waals surface area contributed by atoms with Crippen molar-refractivity contribution in [3.8, 4) is 23.0 Å². The third-order valence-electron chi connectivity index (χ3n) is 7.53. The lowest BCUT2D eigenvalue weighted by Gasteiger charge is -2.33. The SMILES string of the molecule is CCCCNC(=O)[C@@H](CC)N(Cc1cccc(C)c1)C(=O)CN(c1cc(OC)ccc1OC)S(=O)(=O)c1ccc(OC)c(OC)c1. The minimum absolute atomic E-state index is 0.0842. The molecule has 3 rings (SSSR count). The Bertz CT molecular complexity index is 1590. The van der Waals surface area contributed by atoms with Gasteiger partial charge >= 0.3 is 0 Å². The van der Waals surface area contributed by atoms with Gasteiger partial charge in [0.1, 0.15) is 24.1 Å². The zero-order valence-electron chi connectivity index (χ0n) is 27.7. The molecule has 0 aromatic heterocycles. The maximum atomic E-state index is 14.5. The third kappa shape index (κ3) is 8.63. The van der Waals surface area contributed by atoms with E-state index in [4.69, 9.17) is 18.9 Å². The van der Waals surface area contributed by atoms with Crippen molar-refractivity contribution in [2.45, 2.75) is 57.5 Å². The van der Waals surface area contributed by atoms with Crippen molar-refractivity contribution < 1.29 is 37.0 Å². The van der Waals surface area contributed by atoms with E-state index < -0.39 is 28.5 Å². The van der Waals surface area contributed by atoms with Crippen LogP contribution in [0.1, 0.15) is 44.2 Å². The second-order valence-electron chi connectivity index (χ2n) is 10.6. The highest BCUT2D eigenvalue weighted by atomic mass is 32.2. The highest BCUT2D eigenvalue weighted by Crippen LogP contribution is 2.38. The van der Waals surface area contributed by atoms with Crippen LogP contribution >= 0.6 is 0 Å². The van der Waals surface area contributed by atoms with Crippen LogP contribution in [0.5, 0.6) is 23.0 Å². The Morgan fingerprint density at radius 1 is 0.848 bits per heavy atom. The van der Waals surface area contributed by atoms with E-state index in [1.807, 2.05) is 45.0 Å². The zero-order chi connectivity index (χ0) is 33.9.